The van der Waals surface area contributed by atoms with Gasteiger partial charge in [0, 0.05) is 24.7 Å². The Hall–Kier alpha value is -0.0800. The van der Waals surface area contributed by atoms with Crippen molar-refractivity contribution in [3.63, 3.8) is 0 Å². The van der Waals surface area contributed by atoms with Crippen LogP contribution in [-0.4, -0.2) is 36.1 Å². The van der Waals surface area contributed by atoms with Crippen LogP contribution in [0.2, 0.25) is 0 Å². The minimum atomic E-state index is 0.798. The maximum Gasteiger partial charge on any atom is 0.0198 e. The van der Waals surface area contributed by atoms with Gasteiger partial charge in [0.25, 0.3) is 0 Å². The number of hydrogen-bond donors (Lipinski definition) is 1. The van der Waals surface area contributed by atoms with Gasteiger partial charge in [-0.05, 0) is 57.4 Å². The van der Waals surface area contributed by atoms with Gasteiger partial charge in [0.2, 0.25) is 0 Å². The highest BCUT2D eigenvalue weighted by atomic mass is 15.2. The summed E-state index contributed by atoms with van der Waals surface area (Å²) in [6.07, 6.45) is 13.0. The molecule has 2 aliphatic carbocycles. The molecule has 104 valence electrons. The largest absolute Gasteiger partial charge is 0.310 e. The molecule has 1 N–H and O–H groups in total. The van der Waals surface area contributed by atoms with Crippen LogP contribution in [0.25, 0.3) is 0 Å². The standard InChI is InChI=1S/C16H30N2/c1-13-4-2-6-16(10-7-13)18-11-3-5-15(12-18)17-14-8-9-14/h13-17H,2-12H2,1H3. The van der Waals surface area contributed by atoms with Gasteiger partial charge in [-0.2, -0.15) is 0 Å². The summed E-state index contributed by atoms with van der Waals surface area (Å²) in [6.45, 7) is 5.13. The molecule has 0 aromatic rings. The first-order valence-electron chi connectivity index (χ1n) is 8.31. The van der Waals surface area contributed by atoms with Gasteiger partial charge in [0.05, 0.1) is 0 Å². The Bertz CT molecular complexity index is 262. The molecule has 0 amide bonds. The van der Waals surface area contributed by atoms with E-state index < -0.39 is 0 Å². The molecule has 2 nitrogen and oxygen atoms in total. The minimum Gasteiger partial charge on any atom is -0.310 e. The van der Waals surface area contributed by atoms with Gasteiger partial charge in [-0.25, -0.2) is 0 Å². The Labute approximate surface area is 113 Å². The molecule has 1 saturated heterocycles. The van der Waals surface area contributed by atoms with Gasteiger partial charge in [0.1, 0.15) is 0 Å². The zero-order valence-electron chi connectivity index (χ0n) is 12.0. The van der Waals surface area contributed by atoms with E-state index in [0.717, 1.165) is 24.0 Å². The number of rotatable bonds is 3. The summed E-state index contributed by atoms with van der Waals surface area (Å²) in [5.41, 5.74) is 0. The molecule has 0 bridgehead atoms. The van der Waals surface area contributed by atoms with Crippen molar-refractivity contribution < 1.29 is 0 Å². The second kappa shape index (κ2) is 5.92. The predicted molar refractivity (Wildman–Crippen MR) is 76.8 cm³/mol. The molecule has 0 aromatic carbocycles. The Morgan fingerprint density at radius 1 is 0.833 bits per heavy atom. The normalized spacial score (nSPS) is 39.5. The van der Waals surface area contributed by atoms with Crippen LogP contribution >= 0.6 is 0 Å². The van der Waals surface area contributed by atoms with Gasteiger partial charge in [-0.15, -0.1) is 0 Å². The van der Waals surface area contributed by atoms with Crippen LogP contribution in [0.4, 0.5) is 0 Å². The molecule has 2 saturated carbocycles. The van der Waals surface area contributed by atoms with E-state index in [1.54, 1.807) is 0 Å². The first-order chi connectivity index (χ1) is 8.81. The third kappa shape index (κ3) is 3.48. The van der Waals surface area contributed by atoms with Crippen molar-refractivity contribution in [2.45, 2.75) is 82.8 Å². The van der Waals surface area contributed by atoms with Gasteiger partial charge in [-0.3, -0.25) is 4.90 Å². The lowest BCUT2D eigenvalue weighted by molar-refractivity contribution is 0.124. The van der Waals surface area contributed by atoms with E-state index in [1.807, 2.05) is 0 Å². The highest BCUT2D eigenvalue weighted by Crippen LogP contribution is 2.28. The molecule has 3 rings (SSSR count). The average molecular weight is 250 g/mol. The zero-order chi connectivity index (χ0) is 12.4. The molecule has 3 aliphatic rings. The zero-order valence-corrected chi connectivity index (χ0v) is 12.0. The summed E-state index contributed by atoms with van der Waals surface area (Å²) in [5, 5.41) is 3.84. The topological polar surface area (TPSA) is 15.3 Å². The Morgan fingerprint density at radius 3 is 2.56 bits per heavy atom. The van der Waals surface area contributed by atoms with E-state index >= 15 is 0 Å². The molecule has 3 atom stereocenters. The van der Waals surface area contributed by atoms with E-state index in [4.69, 9.17) is 0 Å². The van der Waals surface area contributed by atoms with Crippen molar-refractivity contribution in [1.29, 1.82) is 0 Å². The Kier molecular flexibility index (Phi) is 4.25. The van der Waals surface area contributed by atoms with E-state index in [-0.39, 0.29) is 0 Å². The second-order valence-electron chi connectivity index (χ2n) is 7.04. The number of likely N-dealkylation sites (tertiary alicyclic amines) is 1. The van der Waals surface area contributed by atoms with Crippen molar-refractivity contribution in [2.24, 2.45) is 5.92 Å². The van der Waals surface area contributed by atoms with Gasteiger partial charge in [-0.1, -0.05) is 19.8 Å². The van der Waals surface area contributed by atoms with E-state index in [9.17, 15) is 0 Å². The van der Waals surface area contributed by atoms with E-state index in [1.165, 1.54) is 70.9 Å². The molecule has 1 aliphatic heterocycles. The molecular formula is C16H30N2. The quantitative estimate of drug-likeness (QED) is 0.774. The minimum absolute atomic E-state index is 0.798. The third-order valence-corrected chi connectivity index (χ3v) is 5.24. The highest BCUT2D eigenvalue weighted by Gasteiger charge is 2.30. The number of nitrogens with zero attached hydrogens (tertiary/aromatic N) is 1. The molecule has 18 heavy (non-hydrogen) atoms. The Balaban J connectivity index is 1.50. The van der Waals surface area contributed by atoms with Gasteiger partial charge >= 0.3 is 0 Å². The summed E-state index contributed by atoms with van der Waals surface area (Å²) >= 11 is 0. The summed E-state index contributed by atoms with van der Waals surface area (Å²) in [5.74, 6) is 0.972. The SMILES string of the molecule is CC1CCCC(N2CCCC(NC3CC3)C2)CC1. The fourth-order valence-corrected chi connectivity index (χ4v) is 3.89. The predicted octanol–water partition coefficient (Wildman–Crippen LogP) is 3.17. The fraction of sp³-hybridized carbons (Fsp3) is 1.00. The van der Waals surface area contributed by atoms with Crippen LogP contribution < -0.4 is 5.32 Å². The Morgan fingerprint density at radius 2 is 1.72 bits per heavy atom. The summed E-state index contributed by atoms with van der Waals surface area (Å²) in [4.78, 5) is 2.82. The van der Waals surface area contributed by atoms with Crippen molar-refractivity contribution in [3.05, 3.63) is 0 Å². The maximum atomic E-state index is 3.84. The summed E-state index contributed by atoms with van der Waals surface area (Å²) in [6, 6.07) is 2.58. The molecule has 1 heterocycles. The van der Waals surface area contributed by atoms with Crippen LogP contribution in [0, 0.1) is 5.92 Å². The molecule has 0 spiro atoms. The first kappa shape index (κ1) is 12.9. The molecule has 0 radical (unpaired) electrons. The number of hydrogen-bond acceptors (Lipinski definition) is 2. The molecule has 3 unspecified atom stereocenters. The lowest BCUT2D eigenvalue weighted by Crippen LogP contribution is -2.50. The van der Waals surface area contributed by atoms with Gasteiger partial charge in [0.15, 0.2) is 0 Å². The lowest BCUT2D eigenvalue weighted by atomic mass is 9.99. The second-order valence-corrected chi connectivity index (χ2v) is 7.04. The molecule has 0 aromatic heterocycles. The van der Waals surface area contributed by atoms with Crippen LogP contribution in [0.3, 0.4) is 0 Å². The lowest BCUT2D eigenvalue weighted by Gasteiger charge is -2.38. The monoisotopic (exact) mass is 250 g/mol. The van der Waals surface area contributed by atoms with Gasteiger partial charge < -0.3 is 5.32 Å². The van der Waals surface area contributed by atoms with Crippen LogP contribution in [0.5, 0.6) is 0 Å². The average Bonchev–Trinajstić information content (AvgIpc) is 3.18. The highest BCUT2D eigenvalue weighted by molar-refractivity contribution is 4.90. The smallest absolute Gasteiger partial charge is 0.0198 e. The maximum absolute atomic E-state index is 3.84. The third-order valence-electron chi connectivity index (χ3n) is 5.24. The van der Waals surface area contributed by atoms with Crippen molar-refractivity contribution in [3.8, 4) is 0 Å². The molecular weight excluding hydrogens is 220 g/mol. The van der Waals surface area contributed by atoms with E-state index in [2.05, 4.69) is 17.1 Å². The fourth-order valence-electron chi connectivity index (χ4n) is 3.89. The van der Waals surface area contributed by atoms with Crippen LogP contribution in [0.15, 0.2) is 0 Å². The van der Waals surface area contributed by atoms with Crippen LogP contribution in [-0.2, 0) is 0 Å². The molecule has 2 heteroatoms. The number of piperidine rings is 1. The molecule has 3 fully saturated rings. The first-order valence-corrected chi connectivity index (χ1v) is 8.31. The number of nitrogens with one attached hydrogen (secondary N) is 1. The summed E-state index contributed by atoms with van der Waals surface area (Å²) < 4.78 is 0. The van der Waals surface area contributed by atoms with Crippen LogP contribution in [0.1, 0.15) is 64.7 Å². The van der Waals surface area contributed by atoms with Crippen molar-refractivity contribution >= 4 is 0 Å². The van der Waals surface area contributed by atoms with Crippen molar-refractivity contribution in [2.75, 3.05) is 13.1 Å². The van der Waals surface area contributed by atoms with E-state index in [0.29, 0.717) is 0 Å². The summed E-state index contributed by atoms with van der Waals surface area (Å²) in [7, 11) is 0. The van der Waals surface area contributed by atoms with Crippen molar-refractivity contribution in [1.82, 2.24) is 10.2 Å².